The van der Waals surface area contributed by atoms with E-state index >= 15 is 0 Å². The fourth-order valence-electron chi connectivity index (χ4n) is 1.46. The summed E-state index contributed by atoms with van der Waals surface area (Å²) in [5.41, 5.74) is 0. The zero-order valence-corrected chi connectivity index (χ0v) is 10.3. The van der Waals surface area contributed by atoms with Crippen LogP contribution in [0, 0.1) is 6.92 Å². The van der Waals surface area contributed by atoms with E-state index in [2.05, 4.69) is 0 Å². The summed E-state index contributed by atoms with van der Waals surface area (Å²) < 4.78 is 5.41. The maximum Gasteiger partial charge on any atom is 0.123 e. The summed E-state index contributed by atoms with van der Waals surface area (Å²) in [6, 6.07) is 10.4. The van der Waals surface area contributed by atoms with Crippen molar-refractivity contribution in [2.24, 2.45) is 0 Å². The molecular weight excluding hydrogens is 236 g/mol. The Morgan fingerprint density at radius 3 is 2.76 bits per heavy atom. The van der Waals surface area contributed by atoms with Gasteiger partial charge in [-0.25, -0.2) is 0 Å². The van der Waals surface area contributed by atoms with Crippen LogP contribution in [0.4, 0.5) is 0 Å². The second-order valence-electron chi connectivity index (χ2n) is 3.77. The molecule has 1 heterocycles. The minimum Gasteiger partial charge on any atom is -0.508 e. The molecule has 90 valence electrons. The molecule has 0 aliphatic carbocycles. The summed E-state index contributed by atoms with van der Waals surface area (Å²) in [6.07, 6.45) is -0.629. The normalized spacial score (nSPS) is 12.4. The maximum absolute atomic E-state index is 9.89. The molecule has 0 saturated heterocycles. The highest BCUT2D eigenvalue weighted by atomic mass is 32.1. The molecule has 0 amide bonds. The molecule has 2 aromatic rings. The Morgan fingerprint density at radius 1 is 1.29 bits per heavy atom. The van der Waals surface area contributed by atoms with E-state index in [1.165, 1.54) is 6.07 Å². The number of aryl methyl sites for hydroxylation is 1. The molecule has 0 aliphatic heterocycles. The van der Waals surface area contributed by atoms with Crippen molar-refractivity contribution in [2.45, 2.75) is 13.0 Å². The number of aromatic hydroxyl groups is 1. The molecule has 0 spiro atoms. The highest BCUT2D eigenvalue weighted by Gasteiger charge is 2.10. The molecule has 1 aromatic carbocycles. The zero-order valence-electron chi connectivity index (χ0n) is 9.46. The van der Waals surface area contributed by atoms with Gasteiger partial charge in [-0.2, -0.15) is 0 Å². The SMILES string of the molecule is Cc1ccc(C(O)COc2cccc(O)c2)s1. The molecule has 4 heteroatoms. The molecule has 17 heavy (non-hydrogen) atoms. The first-order chi connectivity index (χ1) is 8.15. The van der Waals surface area contributed by atoms with Gasteiger partial charge in [-0.15, -0.1) is 11.3 Å². The number of ether oxygens (including phenoxy) is 1. The first-order valence-electron chi connectivity index (χ1n) is 5.31. The second kappa shape index (κ2) is 5.21. The summed E-state index contributed by atoms with van der Waals surface area (Å²) in [4.78, 5) is 2.05. The third-order valence-electron chi connectivity index (χ3n) is 2.32. The summed E-state index contributed by atoms with van der Waals surface area (Å²) >= 11 is 1.55. The minimum absolute atomic E-state index is 0.156. The monoisotopic (exact) mass is 250 g/mol. The van der Waals surface area contributed by atoms with Gasteiger partial charge in [0.05, 0.1) is 0 Å². The minimum atomic E-state index is -0.629. The molecule has 0 saturated carbocycles. The lowest BCUT2D eigenvalue weighted by atomic mass is 10.3. The van der Waals surface area contributed by atoms with Crippen LogP contribution >= 0.6 is 11.3 Å². The summed E-state index contributed by atoms with van der Waals surface area (Å²) in [5.74, 6) is 0.710. The van der Waals surface area contributed by atoms with E-state index in [1.807, 2.05) is 19.1 Å². The van der Waals surface area contributed by atoms with E-state index in [0.717, 1.165) is 9.75 Å². The lowest BCUT2D eigenvalue weighted by Gasteiger charge is -2.10. The first-order valence-corrected chi connectivity index (χ1v) is 6.13. The van der Waals surface area contributed by atoms with Gasteiger partial charge in [0.2, 0.25) is 0 Å². The van der Waals surface area contributed by atoms with Gasteiger partial charge in [0.15, 0.2) is 0 Å². The summed E-state index contributed by atoms with van der Waals surface area (Å²) in [7, 11) is 0. The van der Waals surface area contributed by atoms with Crippen LogP contribution in [-0.2, 0) is 0 Å². The van der Waals surface area contributed by atoms with Crippen molar-refractivity contribution in [3.8, 4) is 11.5 Å². The molecule has 2 rings (SSSR count). The molecule has 1 atom stereocenters. The number of hydrogen-bond acceptors (Lipinski definition) is 4. The predicted octanol–water partition coefficient (Wildman–Crippen LogP) is 2.87. The molecule has 0 bridgehead atoms. The molecule has 1 aromatic heterocycles. The van der Waals surface area contributed by atoms with Crippen molar-refractivity contribution in [3.05, 3.63) is 46.2 Å². The van der Waals surface area contributed by atoms with E-state index in [1.54, 1.807) is 29.5 Å². The van der Waals surface area contributed by atoms with Crippen LogP contribution in [0.1, 0.15) is 15.9 Å². The van der Waals surface area contributed by atoms with Crippen molar-refractivity contribution >= 4 is 11.3 Å². The van der Waals surface area contributed by atoms with Gasteiger partial charge >= 0.3 is 0 Å². The van der Waals surface area contributed by atoms with Gasteiger partial charge in [-0.3, -0.25) is 0 Å². The number of hydrogen-bond donors (Lipinski definition) is 2. The molecule has 1 unspecified atom stereocenters. The van der Waals surface area contributed by atoms with Crippen LogP contribution in [0.2, 0.25) is 0 Å². The number of benzene rings is 1. The lowest BCUT2D eigenvalue weighted by Crippen LogP contribution is -2.08. The average Bonchev–Trinajstić information content (AvgIpc) is 2.73. The lowest BCUT2D eigenvalue weighted by molar-refractivity contribution is 0.111. The largest absolute Gasteiger partial charge is 0.508 e. The van der Waals surface area contributed by atoms with Gasteiger partial charge < -0.3 is 14.9 Å². The van der Waals surface area contributed by atoms with Crippen molar-refractivity contribution in [2.75, 3.05) is 6.61 Å². The number of aliphatic hydroxyl groups excluding tert-OH is 1. The van der Waals surface area contributed by atoms with Crippen LogP contribution in [-0.4, -0.2) is 16.8 Å². The summed E-state index contributed by atoms with van der Waals surface area (Å²) in [6.45, 7) is 2.18. The van der Waals surface area contributed by atoms with E-state index < -0.39 is 6.10 Å². The van der Waals surface area contributed by atoms with E-state index in [9.17, 15) is 10.2 Å². The molecular formula is C13H14O3S. The Bertz CT molecular complexity index is 493. The number of rotatable bonds is 4. The second-order valence-corrected chi connectivity index (χ2v) is 5.09. The summed E-state index contributed by atoms with van der Waals surface area (Å²) in [5, 5.41) is 19.1. The van der Waals surface area contributed by atoms with Crippen LogP contribution < -0.4 is 4.74 Å². The zero-order chi connectivity index (χ0) is 12.3. The third kappa shape index (κ3) is 3.22. The van der Waals surface area contributed by atoms with Crippen molar-refractivity contribution in [3.63, 3.8) is 0 Å². The fourth-order valence-corrected chi connectivity index (χ4v) is 2.31. The molecule has 3 nitrogen and oxygen atoms in total. The first kappa shape index (κ1) is 12.0. The topological polar surface area (TPSA) is 49.7 Å². The molecule has 0 aliphatic rings. The van der Waals surface area contributed by atoms with Gasteiger partial charge in [0.25, 0.3) is 0 Å². The Kier molecular flexibility index (Phi) is 3.66. The van der Waals surface area contributed by atoms with Crippen LogP contribution in [0.25, 0.3) is 0 Å². The van der Waals surface area contributed by atoms with Crippen LogP contribution in [0.15, 0.2) is 36.4 Å². The molecule has 0 radical (unpaired) electrons. The van der Waals surface area contributed by atoms with E-state index in [0.29, 0.717) is 5.75 Å². The average molecular weight is 250 g/mol. The van der Waals surface area contributed by atoms with E-state index in [4.69, 9.17) is 4.74 Å². The van der Waals surface area contributed by atoms with Gasteiger partial charge in [-0.05, 0) is 31.2 Å². The van der Waals surface area contributed by atoms with Crippen molar-refractivity contribution < 1.29 is 14.9 Å². The maximum atomic E-state index is 9.89. The highest BCUT2D eigenvalue weighted by Crippen LogP contribution is 2.24. The number of aliphatic hydroxyl groups is 1. The molecule has 0 fully saturated rings. The number of phenols is 1. The third-order valence-corrected chi connectivity index (χ3v) is 3.42. The quantitative estimate of drug-likeness (QED) is 0.877. The van der Waals surface area contributed by atoms with Crippen LogP contribution in [0.3, 0.4) is 0 Å². The highest BCUT2D eigenvalue weighted by molar-refractivity contribution is 7.12. The van der Waals surface area contributed by atoms with Gasteiger partial charge in [0, 0.05) is 15.8 Å². The Labute approximate surface area is 104 Å². The van der Waals surface area contributed by atoms with Crippen LogP contribution in [0.5, 0.6) is 11.5 Å². The van der Waals surface area contributed by atoms with Gasteiger partial charge in [0.1, 0.15) is 24.2 Å². The van der Waals surface area contributed by atoms with Crippen molar-refractivity contribution in [1.29, 1.82) is 0 Å². The standard InChI is InChI=1S/C13H14O3S/c1-9-5-6-13(17-9)12(15)8-16-11-4-2-3-10(14)7-11/h2-7,12,14-15H,8H2,1H3. The number of thiophene rings is 1. The van der Waals surface area contributed by atoms with E-state index in [-0.39, 0.29) is 12.4 Å². The van der Waals surface area contributed by atoms with Gasteiger partial charge in [-0.1, -0.05) is 6.07 Å². The Morgan fingerprint density at radius 2 is 2.12 bits per heavy atom. The Balaban J connectivity index is 1.94. The Hall–Kier alpha value is -1.52. The van der Waals surface area contributed by atoms with Crippen molar-refractivity contribution in [1.82, 2.24) is 0 Å². The molecule has 2 N–H and O–H groups in total. The smallest absolute Gasteiger partial charge is 0.123 e. The number of phenolic OH excluding ortho intramolecular Hbond substituents is 1. The fraction of sp³-hybridized carbons (Fsp3) is 0.231. The predicted molar refractivity (Wildman–Crippen MR) is 67.6 cm³/mol.